The summed E-state index contributed by atoms with van der Waals surface area (Å²) >= 11 is 21.2. The average molecular weight is 573 g/mol. The van der Waals surface area contributed by atoms with Crippen molar-refractivity contribution in [3.63, 3.8) is 0 Å². The van der Waals surface area contributed by atoms with Crippen LogP contribution >= 0.6 is 69.2 Å². The topological polar surface area (TPSA) is 97.7 Å². The summed E-state index contributed by atoms with van der Waals surface area (Å²) in [4.78, 5) is 39.8. The van der Waals surface area contributed by atoms with Crippen molar-refractivity contribution >= 4 is 80.4 Å². The van der Waals surface area contributed by atoms with E-state index in [0.29, 0.717) is 21.4 Å². The second-order valence-electron chi connectivity index (χ2n) is 6.28. The molecule has 1 amide bonds. The van der Waals surface area contributed by atoms with Crippen molar-refractivity contribution < 1.29 is 9.59 Å². The second-order valence-corrected chi connectivity index (χ2v) is 10.3. The third-order valence-electron chi connectivity index (χ3n) is 3.97. The highest BCUT2D eigenvalue weighted by Crippen LogP contribution is 2.31. The molecule has 0 aliphatic heterocycles. The first-order valence-electron chi connectivity index (χ1n) is 9.51. The lowest BCUT2D eigenvalue weighted by Crippen LogP contribution is -2.25. The first kappa shape index (κ1) is 26.5. The van der Waals surface area contributed by atoms with Crippen LogP contribution in [0.2, 0.25) is 10.3 Å². The quantitative estimate of drug-likeness (QED) is 0.208. The second kappa shape index (κ2) is 13.1. The van der Waals surface area contributed by atoms with Crippen molar-refractivity contribution in [3.8, 4) is 21.1 Å². The molecule has 0 radical (unpaired) electrons. The van der Waals surface area contributed by atoms with Gasteiger partial charge in [-0.15, -0.1) is 22.7 Å². The Bertz CT molecular complexity index is 1250. The molecule has 4 rings (SSSR count). The van der Waals surface area contributed by atoms with Gasteiger partial charge >= 0.3 is 0 Å². The van der Waals surface area contributed by atoms with Gasteiger partial charge in [0, 0.05) is 48.2 Å². The van der Waals surface area contributed by atoms with Crippen LogP contribution in [0.1, 0.15) is 19.3 Å². The van der Waals surface area contributed by atoms with E-state index in [-0.39, 0.29) is 21.1 Å². The van der Waals surface area contributed by atoms with E-state index in [1.807, 2.05) is 24.5 Å². The summed E-state index contributed by atoms with van der Waals surface area (Å²) in [6.07, 6.45) is 8.69. The molecule has 176 valence electrons. The van der Waals surface area contributed by atoms with E-state index in [4.69, 9.17) is 34.8 Å². The summed E-state index contributed by atoms with van der Waals surface area (Å²) in [6, 6.07) is 7.33. The van der Waals surface area contributed by atoms with E-state index in [2.05, 4.69) is 25.3 Å². The van der Waals surface area contributed by atoms with E-state index in [9.17, 15) is 9.59 Å². The van der Waals surface area contributed by atoms with Crippen LogP contribution in [-0.2, 0) is 0 Å². The maximum atomic E-state index is 11.9. The number of hydrogen-bond donors (Lipinski definition) is 1. The Hall–Kier alpha value is -2.08. The van der Waals surface area contributed by atoms with Crippen molar-refractivity contribution in [3.05, 3.63) is 69.1 Å². The minimum absolute atomic E-state index is 0.138. The van der Waals surface area contributed by atoms with Crippen LogP contribution in [0.5, 0.6) is 0 Å². The normalized spacial score (nSPS) is 10.4. The molecule has 7 nitrogen and oxygen atoms in total. The highest BCUT2D eigenvalue weighted by Gasteiger charge is 2.17. The molecule has 0 unspecified atom stereocenters. The number of nitrogens with zero attached hydrogens (tertiary/aromatic N) is 4. The Morgan fingerprint density at radius 3 is 1.91 bits per heavy atom. The predicted octanol–water partition coefficient (Wildman–Crippen LogP) is 6.19. The van der Waals surface area contributed by atoms with Crippen LogP contribution < -0.4 is 5.32 Å². The van der Waals surface area contributed by atoms with Crippen LogP contribution in [0, 0.1) is 0 Å². The summed E-state index contributed by atoms with van der Waals surface area (Å²) in [5.41, 5.74) is 1.67. The van der Waals surface area contributed by atoms with Crippen LogP contribution in [0.15, 0.2) is 49.1 Å². The lowest BCUT2D eigenvalue weighted by Gasteiger charge is -2.01. The first-order valence-corrected chi connectivity index (χ1v) is 13.7. The van der Waals surface area contributed by atoms with E-state index in [0.717, 1.165) is 28.2 Å². The fourth-order valence-corrected chi connectivity index (χ4v) is 5.31. The van der Waals surface area contributed by atoms with Crippen LogP contribution in [0.4, 0.5) is 0 Å². The maximum Gasteiger partial charge on any atom is 0.265 e. The molecule has 0 saturated heterocycles. The van der Waals surface area contributed by atoms with Gasteiger partial charge in [0.05, 0.1) is 0 Å². The standard InChI is InChI=1S/C12H12ClN3OS2.C9H4Cl2N2OS/c1-18-6-5-15-11(17)9-10(13)16-12(19-9)8-3-2-4-14-7-8;10-7-6(8(11)14)15-9(13-7)5-2-1-3-12-4-5/h2-4,7H,5-6H2,1H3,(H,15,17);1-4H. The molecule has 0 atom stereocenters. The molecule has 4 aromatic rings. The SMILES string of the molecule is CSCCNC(=O)c1sc(-c2cccnc2)nc1Cl.O=C(Cl)c1sc(-c2cccnc2)nc1Cl. The van der Waals surface area contributed by atoms with Gasteiger partial charge in [-0.2, -0.15) is 11.8 Å². The average Bonchev–Trinajstić information content (AvgIpc) is 3.44. The molecule has 4 aromatic heterocycles. The Morgan fingerprint density at radius 1 is 0.941 bits per heavy atom. The summed E-state index contributed by atoms with van der Waals surface area (Å²) in [5.74, 6) is 0.698. The fourth-order valence-electron chi connectivity index (χ4n) is 2.44. The van der Waals surface area contributed by atoms with Gasteiger partial charge in [0.2, 0.25) is 0 Å². The van der Waals surface area contributed by atoms with Crippen LogP contribution in [-0.4, -0.2) is 49.6 Å². The van der Waals surface area contributed by atoms with Gasteiger partial charge in [0.25, 0.3) is 11.1 Å². The van der Waals surface area contributed by atoms with Crippen LogP contribution in [0.3, 0.4) is 0 Å². The third kappa shape index (κ3) is 7.21. The molecule has 0 spiro atoms. The van der Waals surface area contributed by atoms with Crippen molar-refractivity contribution in [1.29, 1.82) is 0 Å². The molecule has 0 saturated carbocycles. The van der Waals surface area contributed by atoms with Gasteiger partial charge in [-0.1, -0.05) is 23.2 Å². The zero-order chi connectivity index (χ0) is 24.5. The van der Waals surface area contributed by atoms with E-state index >= 15 is 0 Å². The van der Waals surface area contributed by atoms with Crippen molar-refractivity contribution in [2.45, 2.75) is 0 Å². The number of rotatable bonds is 7. The first-order chi connectivity index (χ1) is 16.4. The number of amides is 1. The summed E-state index contributed by atoms with van der Waals surface area (Å²) < 4.78 is 0. The van der Waals surface area contributed by atoms with Gasteiger partial charge in [-0.3, -0.25) is 19.6 Å². The summed E-state index contributed by atoms with van der Waals surface area (Å²) in [7, 11) is 0. The number of nitrogens with one attached hydrogen (secondary N) is 1. The number of thioether (sulfide) groups is 1. The molecule has 0 bridgehead atoms. The molecule has 0 aliphatic rings. The number of aromatic nitrogens is 4. The number of thiazole rings is 2. The fraction of sp³-hybridized carbons (Fsp3) is 0.143. The Balaban J connectivity index is 0.000000196. The highest BCUT2D eigenvalue weighted by atomic mass is 35.5. The van der Waals surface area contributed by atoms with Crippen molar-refractivity contribution in [2.24, 2.45) is 0 Å². The predicted molar refractivity (Wildman–Crippen MR) is 142 cm³/mol. The Labute approximate surface area is 222 Å². The number of halogens is 3. The largest absolute Gasteiger partial charge is 0.350 e. The molecular formula is C21H16Cl3N5O2S3. The molecule has 0 fully saturated rings. The minimum Gasteiger partial charge on any atom is -0.350 e. The van der Waals surface area contributed by atoms with Gasteiger partial charge in [-0.05, 0) is 42.1 Å². The van der Waals surface area contributed by atoms with Gasteiger partial charge in [-0.25, -0.2) is 9.97 Å². The zero-order valence-electron chi connectivity index (χ0n) is 17.5. The maximum absolute atomic E-state index is 11.9. The minimum atomic E-state index is -0.590. The summed E-state index contributed by atoms with van der Waals surface area (Å²) in [6.45, 7) is 0.621. The molecule has 0 aliphatic carbocycles. The number of hydrogen-bond acceptors (Lipinski definition) is 9. The van der Waals surface area contributed by atoms with E-state index in [1.165, 1.54) is 11.3 Å². The van der Waals surface area contributed by atoms with E-state index in [1.54, 1.807) is 42.6 Å². The van der Waals surface area contributed by atoms with Gasteiger partial charge in [0.1, 0.15) is 19.8 Å². The zero-order valence-corrected chi connectivity index (χ0v) is 22.2. The highest BCUT2D eigenvalue weighted by molar-refractivity contribution is 7.98. The van der Waals surface area contributed by atoms with E-state index < -0.39 is 5.24 Å². The smallest absolute Gasteiger partial charge is 0.265 e. The molecular weight excluding hydrogens is 557 g/mol. The molecule has 34 heavy (non-hydrogen) atoms. The monoisotopic (exact) mass is 571 g/mol. The summed E-state index contributed by atoms with van der Waals surface area (Å²) in [5, 5.41) is 3.94. The molecule has 1 N–H and O–H groups in total. The third-order valence-corrected chi connectivity index (χ3v) is 7.86. The molecule has 4 heterocycles. The van der Waals surface area contributed by atoms with Gasteiger partial charge in [0.15, 0.2) is 10.3 Å². The van der Waals surface area contributed by atoms with Crippen LogP contribution in [0.25, 0.3) is 21.1 Å². The lowest BCUT2D eigenvalue weighted by atomic mass is 10.3. The van der Waals surface area contributed by atoms with Gasteiger partial charge < -0.3 is 5.32 Å². The lowest BCUT2D eigenvalue weighted by molar-refractivity contribution is 0.0959. The molecule has 13 heteroatoms. The van der Waals surface area contributed by atoms with Crippen molar-refractivity contribution in [1.82, 2.24) is 25.3 Å². The molecule has 0 aromatic carbocycles. The number of carbonyl (C=O) groups excluding carboxylic acids is 2. The van der Waals surface area contributed by atoms with Crippen molar-refractivity contribution in [2.75, 3.05) is 18.6 Å². The Morgan fingerprint density at radius 2 is 1.47 bits per heavy atom. The number of pyridine rings is 2. The Kier molecular flexibility index (Phi) is 10.2. The number of carbonyl (C=O) groups is 2.